The molecule has 0 aliphatic rings. The number of carbonyl (C=O) groups is 1. The summed E-state index contributed by atoms with van der Waals surface area (Å²) in [5.74, 6) is 0.0174. The first-order valence-electron chi connectivity index (χ1n) is 10.00. The Morgan fingerprint density at radius 2 is 1.52 bits per heavy atom. The van der Waals surface area contributed by atoms with E-state index in [9.17, 15) is 13.2 Å². The predicted octanol–water partition coefficient (Wildman–Crippen LogP) is 2.39. The molecule has 0 radical (unpaired) electrons. The standard InChI is InChI=1S/C22H31N3O3S/c1-6-25(7-2)29(27,28)21-15-13-19(14-16-21)17(3)23-18(4)22(26)24(5)20-11-9-8-10-12-20/h8-18,23H,6-7H2,1-5H3/p+1/t17-,18+/m0/s1. The summed E-state index contributed by atoms with van der Waals surface area (Å²) in [5, 5.41) is 2.00. The number of anilines is 1. The molecule has 29 heavy (non-hydrogen) atoms. The second-order valence-electron chi connectivity index (χ2n) is 7.16. The molecule has 0 bridgehead atoms. The van der Waals surface area contributed by atoms with Gasteiger partial charge in [-0.2, -0.15) is 4.31 Å². The fourth-order valence-corrected chi connectivity index (χ4v) is 4.82. The van der Waals surface area contributed by atoms with E-state index < -0.39 is 10.0 Å². The fraction of sp³-hybridized carbons (Fsp3) is 0.409. The lowest BCUT2D eigenvalue weighted by Crippen LogP contribution is -2.92. The zero-order valence-corrected chi connectivity index (χ0v) is 18.7. The number of para-hydroxylation sites is 1. The van der Waals surface area contributed by atoms with Gasteiger partial charge in [0.15, 0.2) is 6.04 Å². The molecule has 0 saturated carbocycles. The van der Waals surface area contributed by atoms with Gasteiger partial charge in [0, 0.05) is 31.4 Å². The van der Waals surface area contributed by atoms with Crippen LogP contribution in [0.5, 0.6) is 0 Å². The Labute approximate surface area is 174 Å². The van der Waals surface area contributed by atoms with Gasteiger partial charge in [-0.25, -0.2) is 8.42 Å². The van der Waals surface area contributed by atoms with Crippen molar-refractivity contribution in [3.8, 4) is 0 Å². The zero-order chi connectivity index (χ0) is 21.6. The number of nitrogens with zero attached hydrogens (tertiary/aromatic N) is 2. The normalized spacial score (nSPS) is 13.9. The predicted molar refractivity (Wildman–Crippen MR) is 116 cm³/mol. The average Bonchev–Trinajstić information content (AvgIpc) is 2.74. The quantitative estimate of drug-likeness (QED) is 0.679. The molecule has 0 aliphatic carbocycles. The molecule has 2 rings (SSSR count). The van der Waals surface area contributed by atoms with E-state index in [1.54, 1.807) is 24.1 Å². The minimum absolute atomic E-state index is 0.0170. The Balaban J connectivity index is 2.07. The first kappa shape index (κ1) is 23.1. The SMILES string of the molecule is CCN(CC)S(=O)(=O)c1ccc([C@H](C)[NH2+][C@H](C)C(=O)N(C)c2ccccc2)cc1. The topological polar surface area (TPSA) is 74.3 Å². The molecule has 0 aromatic heterocycles. The Morgan fingerprint density at radius 3 is 2.03 bits per heavy atom. The van der Waals surface area contributed by atoms with Crippen molar-refractivity contribution in [2.45, 2.75) is 44.7 Å². The number of hydrogen-bond donors (Lipinski definition) is 1. The van der Waals surface area contributed by atoms with Crippen LogP contribution in [0.25, 0.3) is 0 Å². The van der Waals surface area contributed by atoms with Gasteiger partial charge in [0.25, 0.3) is 5.91 Å². The molecule has 0 saturated heterocycles. The van der Waals surface area contributed by atoms with Crippen LogP contribution in [0, 0.1) is 0 Å². The third-order valence-electron chi connectivity index (χ3n) is 5.19. The van der Waals surface area contributed by atoms with Crippen LogP contribution in [0.2, 0.25) is 0 Å². The van der Waals surface area contributed by atoms with Gasteiger partial charge in [-0.3, -0.25) is 4.79 Å². The van der Waals surface area contributed by atoms with Crippen molar-refractivity contribution in [2.75, 3.05) is 25.0 Å². The fourth-order valence-electron chi connectivity index (χ4n) is 3.37. The molecular formula is C22H32N3O3S+. The van der Waals surface area contributed by atoms with Gasteiger partial charge in [-0.1, -0.05) is 44.2 Å². The summed E-state index contributed by atoms with van der Waals surface area (Å²) in [6.07, 6.45) is 0. The van der Waals surface area contributed by atoms with Crippen LogP contribution in [0.3, 0.4) is 0 Å². The number of amides is 1. The molecular weight excluding hydrogens is 386 g/mol. The van der Waals surface area contributed by atoms with Crippen LogP contribution in [-0.2, 0) is 14.8 Å². The lowest BCUT2D eigenvalue weighted by Gasteiger charge is -2.23. The second kappa shape index (κ2) is 10.0. The molecule has 2 atom stereocenters. The molecule has 1 amide bonds. The molecule has 2 aromatic carbocycles. The van der Waals surface area contributed by atoms with Crippen LogP contribution >= 0.6 is 0 Å². The van der Waals surface area contributed by atoms with Gasteiger partial charge in [0.05, 0.1) is 4.90 Å². The summed E-state index contributed by atoms with van der Waals surface area (Å²) >= 11 is 0. The maximum Gasteiger partial charge on any atom is 0.284 e. The first-order valence-corrected chi connectivity index (χ1v) is 11.4. The van der Waals surface area contributed by atoms with E-state index in [0.717, 1.165) is 11.3 Å². The van der Waals surface area contributed by atoms with E-state index in [2.05, 4.69) is 0 Å². The van der Waals surface area contributed by atoms with E-state index in [1.807, 2.05) is 75.5 Å². The van der Waals surface area contributed by atoms with Crippen molar-refractivity contribution in [1.82, 2.24) is 4.31 Å². The van der Waals surface area contributed by atoms with E-state index in [1.165, 1.54) is 4.31 Å². The summed E-state index contributed by atoms with van der Waals surface area (Å²) in [6, 6.07) is 16.2. The number of rotatable bonds is 9. The van der Waals surface area contributed by atoms with Crippen molar-refractivity contribution < 1.29 is 18.5 Å². The summed E-state index contributed by atoms with van der Waals surface area (Å²) in [7, 11) is -1.68. The smallest absolute Gasteiger partial charge is 0.284 e. The lowest BCUT2D eigenvalue weighted by molar-refractivity contribution is -0.710. The van der Waals surface area contributed by atoms with Gasteiger partial charge in [-0.05, 0) is 38.1 Å². The summed E-state index contributed by atoms with van der Waals surface area (Å²) in [5.41, 5.74) is 1.84. The third kappa shape index (κ3) is 5.44. The number of benzene rings is 2. The van der Waals surface area contributed by atoms with Gasteiger partial charge in [-0.15, -0.1) is 0 Å². The van der Waals surface area contributed by atoms with Crippen LogP contribution in [0.4, 0.5) is 5.69 Å². The van der Waals surface area contributed by atoms with Crippen molar-refractivity contribution in [1.29, 1.82) is 0 Å². The maximum absolute atomic E-state index is 12.7. The van der Waals surface area contributed by atoms with Crippen LogP contribution in [0.1, 0.15) is 39.3 Å². The number of carbonyl (C=O) groups excluding carboxylic acids is 1. The summed E-state index contributed by atoms with van der Waals surface area (Å²) in [4.78, 5) is 14.7. The number of hydrogen-bond acceptors (Lipinski definition) is 3. The average molecular weight is 419 g/mol. The van der Waals surface area contributed by atoms with Gasteiger partial charge < -0.3 is 10.2 Å². The molecule has 7 heteroatoms. The molecule has 0 spiro atoms. The van der Waals surface area contributed by atoms with Crippen LogP contribution < -0.4 is 10.2 Å². The van der Waals surface area contributed by atoms with Gasteiger partial charge in [0.1, 0.15) is 6.04 Å². The second-order valence-corrected chi connectivity index (χ2v) is 9.10. The highest BCUT2D eigenvalue weighted by Gasteiger charge is 2.25. The van der Waals surface area contributed by atoms with E-state index in [4.69, 9.17) is 0 Å². The number of sulfonamides is 1. The van der Waals surface area contributed by atoms with Crippen molar-refractivity contribution in [3.05, 3.63) is 60.2 Å². The van der Waals surface area contributed by atoms with Crippen molar-refractivity contribution in [3.63, 3.8) is 0 Å². The highest BCUT2D eigenvalue weighted by atomic mass is 32.2. The number of nitrogens with two attached hydrogens (primary N) is 1. The number of quaternary nitrogens is 1. The minimum atomic E-state index is -3.46. The molecule has 0 heterocycles. The van der Waals surface area contributed by atoms with E-state index in [-0.39, 0.29) is 18.0 Å². The summed E-state index contributed by atoms with van der Waals surface area (Å²) < 4.78 is 26.7. The highest BCUT2D eigenvalue weighted by molar-refractivity contribution is 7.89. The molecule has 2 aromatic rings. The Bertz CT molecular complexity index is 895. The number of likely N-dealkylation sites (N-methyl/N-ethyl adjacent to an activating group) is 1. The Kier molecular flexibility index (Phi) is 7.96. The van der Waals surface area contributed by atoms with Gasteiger partial charge >= 0.3 is 0 Å². The monoisotopic (exact) mass is 418 g/mol. The van der Waals surface area contributed by atoms with Crippen LogP contribution in [-0.4, -0.2) is 44.8 Å². The molecule has 0 fully saturated rings. The first-order chi connectivity index (χ1) is 13.7. The van der Waals surface area contributed by atoms with Crippen molar-refractivity contribution >= 4 is 21.6 Å². The zero-order valence-electron chi connectivity index (χ0n) is 17.9. The molecule has 0 unspecified atom stereocenters. The lowest BCUT2D eigenvalue weighted by atomic mass is 10.1. The molecule has 158 valence electrons. The third-order valence-corrected chi connectivity index (χ3v) is 7.25. The molecule has 0 aliphatic heterocycles. The minimum Gasteiger partial charge on any atom is -0.330 e. The Morgan fingerprint density at radius 1 is 0.966 bits per heavy atom. The highest BCUT2D eigenvalue weighted by Crippen LogP contribution is 2.18. The van der Waals surface area contributed by atoms with Gasteiger partial charge in [0.2, 0.25) is 10.0 Å². The largest absolute Gasteiger partial charge is 0.330 e. The van der Waals surface area contributed by atoms with E-state index in [0.29, 0.717) is 18.0 Å². The van der Waals surface area contributed by atoms with Crippen LogP contribution in [0.15, 0.2) is 59.5 Å². The molecule has 6 nitrogen and oxygen atoms in total. The Hall–Kier alpha value is -2.22. The van der Waals surface area contributed by atoms with E-state index >= 15 is 0 Å². The molecule has 2 N–H and O–H groups in total. The van der Waals surface area contributed by atoms with Crippen molar-refractivity contribution in [2.24, 2.45) is 0 Å². The summed E-state index contributed by atoms with van der Waals surface area (Å²) in [6.45, 7) is 8.45. The maximum atomic E-state index is 12.7.